The Hall–Kier alpha value is -2.60. The van der Waals surface area contributed by atoms with E-state index in [9.17, 15) is 9.59 Å². The van der Waals surface area contributed by atoms with E-state index in [4.69, 9.17) is 9.84 Å². The first-order valence-electron chi connectivity index (χ1n) is 8.17. The predicted molar refractivity (Wildman–Crippen MR) is 95.2 cm³/mol. The number of benzene rings is 1. The van der Waals surface area contributed by atoms with Gasteiger partial charge in [0.25, 0.3) is 0 Å². The number of nitrogens with one attached hydrogen (secondary N) is 2. The van der Waals surface area contributed by atoms with Crippen molar-refractivity contribution in [2.24, 2.45) is 0 Å². The minimum absolute atomic E-state index is 0.145. The van der Waals surface area contributed by atoms with Crippen LogP contribution in [0.25, 0.3) is 11.3 Å². The van der Waals surface area contributed by atoms with Gasteiger partial charge >= 0.3 is 5.97 Å². The summed E-state index contributed by atoms with van der Waals surface area (Å²) >= 11 is 0. The van der Waals surface area contributed by atoms with Gasteiger partial charge in [-0.3, -0.25) is 9.59 Å². The van der Waals surface area contributed by atoms with Gasteiger partial charge in [0.05, 0.1) is 18.6 Å². The second-order valence-electron chi connectivity index (χ2n) is 6.38. The maximum absolute atomic E-state index is 12.2. The SMILES string of the molecule is COCC(C)(CC(=O)O)NC(=O)CCc1ccc(-c2ccccc2)[nH]1. The second kappa shape index (κ2) is 8.48. The lowest BCUT2D eigenvalue weighted by Crippen LogP contribution is -2.50. The Labute approximate surface area is 147 Å². The van der Waals surface area contributed by atoms with Crippen molar-refractivity contribution >= 4 is 11.9 Å². The smallest absolute Gasteiger partial charge is 0.305 e. The Morgan fingerprint density at radius 2 is 1.92 bits per heavy atom. The quantitative estimate of drug-likeness (QED) is 0.652. The summed E-state index contributed by atoms with van der Waals surface area (Å²) in [6.45, 7) is 1.82. The van der Waals surface area contributed by atoms with Gasteiger partial charge in [-0.05, 0) is 31.0 Å². The molecule has 0 aliphatic carbocycles. The number of carboxylic acids is 1. The van der Waals surface area contributed by atoms with Crippen LogP contribution in [-0.4, -0.2) is 41.2 Å². The van der Waals surface area contributed by atoms with Gasteiger partial charge in [0.15, 0.2) is 0 Å². The summed E-state index contributed by atoms with van der Waals surface area (Å²) in [5.74, 6) is -1.17. The molecule has 134 valence electrons. The molecule has 0 spiro atoms. The molecule has 0 fully saturated rings. The molecule has 25 heavy (non-hydrogen) atoms. The van der Waals surface area contributed by atoms with Gasteiger partial charge in [-0.25, -0.2) is 0 Å². The lowest BCUT2D eigenvalue weighted by molar-refractivity contribution is -0.139. The molecule has 1 aromatic carbocycles. The molecular formula is C19H24N2O4. The number of carboxylic acid groups (broad SMARTS) is 1. The number of rotatable bonds is 9. The Bertz CT molecular complexity index is 711. The highest BCUT2D eigenvalue weighted by molar-refractivity contribution is 5.78. The van der Waals surface area contributed by atoms with Crippen molar-refractivity contribution in [1.82, 2.24) is 10.3 Å². The zero-order valence-electron chi connectivity index (χ0n) is 14.5. The average Bonchev–Trinajstić information content (AvgIpc) is 3.02. The summed E-state index contributed by atoms with van der Waals surface area (Å²) in [6.07, 6.45) is 0.635. The molecule has 0 bridgehead atoms. The number of carbonyl (C=O) groups excluding carboxylic acids is 1. The lowest BCUT2D eigenvalue weighted by Gasteiger charge is -2.28. The molecule has 6 nitrogen and oxygen atoms in total. The predicted octanol–water partition coefficient (Wildman–Crippen LogP) is 2.61. The standard InChI is InChI=1S/C19H24N2O4/c1-19(13-25-2,12-18(23)24)21-17(22)11-9-15-8-10-16(20-15)14-6-4-3-5-7-14/h3-8,10,20H,9,11-13H2,1-2H3,(H,21,22)(H,23,24). The lowest BCUT2D eigenvalue weighted by atomic mass is 9.98. The fraction of sp³-hybridized carbons (Fsp3) is 0.368. The van der Waals surface area contributed by atoms with E-state index in [-0.39, 0.29) is 25.4 Å². The van der Waals surface area contributed by atoms with Gasteiger partial charge < -0.3 is 20.1 Å². The second-order valence-corrected chi connectivity index (χ2v) is 6.38. The third kappa shape index (κ3) is 5.76. The van der Waals surface area contributed by atoms with Crippen LogP contribution in [0.15, 0.2) is 42.5 Å². The number of hydrogen-bond acceptors (Lipinski definition) is 3. The monoisotopic (exact) mass is 344 g/mol. The number of aromatic amines is 1. The van der Waals surface area contributed by atoms with Crippen molar-refractivity contribution in [3.8, 4) is 11.3 Å². The third-order valence-corrected chi connectivity index (χ3v) is 3.90. The maximum atomic E-state index is 12.2. The van der Waals surface area contributed by atoms with E-state index in [1.807, 2.05) is 42.5 Å². The number of methoxy groups -OCH3 is 1. The first kappa shape index (κ1) is 18.7. The van der Waals surface area contributed by atoms with Gasteiger partial charge in [-0.1, -0.05) is 30.3 Å². The summed E-state index contributed by atoms with van der Waals surface area (Å²) in [6, 6.07) is 13.9. The minimum Gasteiger partial charge on any atom is -0.481 e. The van der Waals surface area contributed by atoms with E-state index in [0.29, 0.717) is 6.42 Å². The third-order valence-electron chi connectivity index (χ3n) is 3.90. The van der Waals surface area contributed by atoms with Gasteiger partial charge in [0.2, 0.25) is 5.91 Å². The average molecular weight is 344 g/mol. The summed E-state index contributed by atoms with van der Waals surface area (Å²) < 4.78 is 5.04. The fourth-order valence-electron chi connectivity index (χ4n) is 2.80. The Morgan fingerprint density at radius 3 is 2.56 bits per heavy atom. The molecular weight excluding hydrogens is 320 g/mol. The molecule has 0 aliphatic rings. The Morgan fingerprint density at radius 1 is 1.20 bits per heavy atom. The van der Waals surface area contributed by atoms with Gasteiger partial charge in [0.1, 0.15) is 0 Å². The molecule has 6 heteroatoms. The first-order chi connectivity index (χ1) is 11.9. The van der Waals surface area contributed by atoms with E-state index in [1.54, 1.807) is 6.92 Å². The van der Waals surface area contributed by atoms with Crippen LogP contribution in [0.4, 0.5) is 0 Å². The van der Waals surface area contributed by atoms with Crippen LogP contribution in [0.3, 0.4) is 0 Å². The highest BCUT2D eigenvalue weighted by Gasteiger charge is 2.29. The zero-order chi connectivity index (χ0) is 18.3. The number of aryl methyl sites for hydroxylation is 1. The van der Waals surface area contributed by atoms with Crippen molar-refractivity contribution in [1.29, 1.82) is 0 Å². The minimum atomic E-state index is -0.975. The molecule has 1 amide bonds. The fourth-order valence-corrected chi connectivity index (χ4v) is 2.80. The highest BCUT2D eigenvalue weighted by atomic mass is 16.5. The number of ether oxygens (including phenoxy) is 1. The molecule has 2 aromatic rings. The number of aromatic nitrogens is 1. The van der Waals surface area contributed by atoms with Crippen molar-refractivity contribution in [2.75, 3.05) is 13.7 Å². The van der Waals surface area contributed by atoms with Crippen LogP contribution in [0, 0.1) is 0 Å². The molecule has 1 heterocycles. The van der Waals surface area contributed by atoms with E-state index < -0.39 is 11.5 Å². The van der Waals surface area contributed by atoms with Crippen molar-refractivity contribution < 1.29 is 19.4 Å². The summed E-state index contributed by atoms with van der Waals surface area (Å²) in [4.78, 5) is 26.5. The summed E-state index contributed by atoms with van der Waals surface area (Å²) in [5.41, 5.74) is 2.14. The van der Waals surface area contributed by atoms with E-state index in [1.165, 1.54) is 7.11 Å². The maximum Gasteiger partial charge on any atom is 0.305 e. The van der Waals surface area contributed by atoms with E-state index >= 15 is 0 Å². The number of aliphatic carboxylic acids is 1. The van der Waals surface area contributed by atoms with Crippen molar-refractivity contribution in [3.05, 3.63) is 48.2 Å². The molecule has 0 aliphatic heterocycles. The molecule has 1 unspecified atom stereocenters. The van der Waals surface area contributed by atoms with E-state index in [0.717, 1.165) is 17.0 Å². The topological polar surface area (TPSA) is 91.4 Å². The Kier molecular flexibility index (Phi) is 6.36. The van der Waals surface area contributed by atoms with Crippen LogP contribution >= 0.6 is 0 Å². The molecule has 0 saturated carbocycles. The first-order valence-corrected chi connectivity index (χ1v) is 8.17. The normalized spacial score (nSPS) is 13.2. The number of amides is 1. The summed E-state index contributed by atoms with van der Waals surface area (Å²) in [5, 5.41) is 11.8. The Balaban J connectivity index is 1.91. The van der Waals surface area contributed by atoms with Crippen LogP contribution in [-0.2, 0) is 20.7 Å². The largest absolute Gasteiger partial charge is 0.481 e. The number of H-pyrrole nitrogens is 1. The van der Waals surface area contributed by atoms with Crippen LogP contribution in [0.1, 0.15) is 25.5 Å². The number of hydrogen-bond donors (Lipinski definition) is 3. The molecule has 0 radical (unpaired) electrons. The molecule has 2 rings (SSSR count). The molecule has 1 aromatic heterocycles. The van der Waals surface area contributed by atoms with Crippen LogP contribution < -0.4 is 5.32 Å². The van der Waals surface area contributed by atoms with Crippen LogP contribution in [0.2, 0.25) is 0 Å². The molecule has 1 atom stereocenters. The van der Waals surface area contributed by atoms with Crippen molar-refractivity contribution in [2.45, 2.75) is 31.7 Å². The van der Waals surface area contributed by atoms with Gasteiger partial charge in [-0.2, -0.15) is 0 Å². The van der Waals surface area contributed by atoms with Gasteiger partial charge in [-0.15, -0.1) is 0 Å². The molecule has 3 N–H and O–H groups in total. The van der Waals surface area contributed by atoms with Crippen molar-refractivity contribution in [3.63, 3.8) is 0 Å². The summed E-state index contributed by atoms with van der Waals surface area (Å²) in [7, 11) is 1.48. The number of carbonyl (C=O) groups is 2. The van der Waals surface area contributed by atoms with Crippen LogP contribution in [0.5, 0.6) is 0 Å². The highest BCUT2D eigenvalue weighted by Crippen LogP contribution is 2.18. The van der Waals surface area contributed by atoms with E-state index in [2.05, 4.69) is 10.3 Å². The van der Waals surface area contributed by atoms with Gasteiger partial charge in [0, 0.05) is 24.9 Å². The zero-order valence-corrected chi connectivity index (χ0v) is 14.5. The molecule has 0 saturated heterocycles.